The summed E-state index contributed by atoms with van der Waals surface area (Å²) < 4.78 is 28.0. The average Bonchev–Trinajstić information content (AvgIpc) is 3.31. The van der Waals surface area contributed by atoms with Crippen molar-refractivity contribution >= 4 is 27.4 Å². The fourth-order valence-corrected chi connectivity index (χ4v) is 7.13. The summed E-state index contributed by atoms with van der Waals surface area (Å²) >= 11 is 1.40. The van der Waals surface area contributed by atoms with Crippen molar-refractivity contribution in [2.24, 2.45) is 0 Å². The number of carbonyl (C=O) groups excluding carboxylic acids is 1. The van der Waals surface area contributed by atoms with Crippen molar-refractivity contribution < 1.29 is 13.2 Å². The van der Waals surface area contributed by atoms with Crippen LogP contribution in [0.1, 0.15) is 53.1 Å². The lowest BCUT2D eigenvalue weighted by atomic mass is 10.2. The minimum Gasteiger partial charge on any atom is -0.344 e. The Morgan fingerprint density at radius 1 is 1.16 bits per heavy atom. The van der Waals surface area contributed by atoms with Gasteiger partial charge in [-0.3, -0.25) is 14.3 Å². The minimum absolute atomic E-state index is 0.0171. The number of hydrogen-bond donors (Lipinski definition) is 0. The first-order valence-corrected chi connectivity index (χ1v) is 13.5. The largest absolute Gasteiger partial charge is 0.344 e. The van der Waals surface area contributed by atoms with E-state index in [4.69, 9.17) is 0 Å². The number of carbonyl (C=O) groups is 1. The molecule has 4 heterocycles. The van der Waals surface area contributed by atoms with E-state index in [9.17, 15) is 13.2 Å². The van der Waals surface area contributed by atoms with Crippen molar-refractivity contribution in [1.82, 2.24) is 24.3 Å². The number of thioether (sulfide) groups is 1. The van der Waals surface area contributed by atoms with E-state index >= 15 is 0 Å². The Morgan fingerprint density at radius 3 is 2.62 bits per heavy atom. The first-order chi connectivity index (χ1) is 15.3. The number of nitrogens with zero attached hydrogens (tertiary/aromatic N) is 5. The molecule has 0 amide bonds. The monoisotopic (exact) mass is 471 g/mol. The molecule has 2 aliphatic rings. The standard InChI is InChI=1S/C22H25N5O3S2/c1-14-10-19(15(2)26(14)18-7-9-32(29,30)13-18)20(28)12-31-22-25-24-21(27(22)17-5-6-17)16-4-3-8-23-11-16/h3-4,8,10-11,17-18H,5-7,9,12-13H2,1-2H3. The number of Topliss-reactive ketones (excluding diaryl/α,β-unsaturated/α-hetero) is 1. The van der Waals surface area contributed by atoms with Gasteiger partial charge >= 0.3 is 0 Å². The molecule has 1 saturated heterocycles. The van der Waals surface area contributed by atoms with Crippen LogP contribution in [-0.2, 0) is 9.84 Å². The molecule has 1 atom stereocenters. The summed E-state index contributed by atoms with van der Waals surface area (Å²) in [6.07, 6.45) is 6.27. The topological polar surface area (TPSA) is 99.7 Å². The molecular weight excluding hydrogens is 446 g/mol. The Labute approximate surface area is 191 Å². The highest BCUT2D eigenvalue weighted by molar-refractivity contribution is 7.99. The number of aryl methyl sites for hydroxylation is 1. The summed E-state index contributed by atoms with van der Waals surface area (Å²) in [5.41, 5.74) is 3.34. The molecule has 10 heteroatoms. The maximum atomic E-state index is 13.1. The number of ketones is 1. The van der Waals surface area contributed by atoms with E-state index in [1.807, 2.05) is 36.6 Å². The van der Waals surface area contributed by atoms with Crippen molar-refractivity contribution in [2.75, 3.05) is 17.3 Å². The molecule has 1 aliphatic heterocycles. The molecule has 1 unspecified atom stereocenters. The molecule has 0 radical (unpaired) electrons. The van der Waals surface area contributed by atoms with Crippen LogP contribution >= 0.6 is 11.8 Å². The third-order valence-electron chi connectivity index (χ3n) is 6.19. The second-order valence-corrected chi connectivity index (χ2v) is 11.7. The third kappa shape index (κ3) is 4.01. The maximum absolute atomic E-state index is 13.1. The highest BCUT2D eigenvalue weighted by Crippen LogP contribution is 2.41. The highest BCUT2D eigenvalue weighted by atomic mass is 32.2. The smallest absolute Gasteiger partial charge is 0.192 e. The lowest BCUT2D eigenvalue weighted by molar-refractivity contribution is 0.102. The van der Waals surface area contributed by atoms with Crippen molar-refractivity contribution in [3.63, 3.8) is 0 Å². The Morgan fingerprint density at radius 2 is 1.97 bits per heavy atom. The summed E-state index contributed by atoms with van der Waals surface area (Å²) in [5, 5.41) is 9.49. The molecule has 168 valence electrons. The van der Waals surface area contributed by atoms with E-state index < -0.39 is 9.84 Å². The van der Waals surface area contributed by atoms with E-state index in [-0.39, 0.29) is 29.1 Å². The molecule has 32 heavy (non-hydrogen) atoms. The van der Waals surface area contributed by atoms with Crippen molar-refractivity contribution in [1.29, 1.82) is 0 Å². The van der Waals surface area contributed by atoms with Crippen LogP contribution in [0.5, 0.6) is 0 Å². The van der Waals surface area contributed by atoms with Gasteiger partial charge in [-0.05, 0) is 51.3 Å². The third-order valence-corrected chi connectivity index (χ3v) is 8.88. The first-order valence-electron chi connectivity index (χ1n) is 10.7. The van der Waals surface area contributed by atoms with Gasteiger partial charge in [0, 0.05) is 47.0 Å². The zero-order valence-corrected chi connectivity index (χ0v) is 19.7. The molecule has 8 nitrogen and oxygen atoms in total. The van der Waals surface area contributed by atoms with Gasteiger partial charge in [-0.15, -0.1) is 10.2 Å². The minimum atomic E-state index is -2.99. The van der Waals surface area contributed by atoms with E-state index in [1.54, 1.807) is 12.4 Å². The number of pyridine rings is 1. The summed E-state index contributed by atoms with van der Waals surface area (Å²) in [5.74, 6) is 1.42. The fraction of sp³-hybridized carbons (Fsp3) is 0.455. The molecule has 0 aromatic carbocycles. The number of hydrogen-bond acceptors (Lipinski definition) is 7. The van der Waals surface area contributed by atoms with Crippen molar-refractivity contribution in [2.45, 2.75) is 50.4 Å². The first kappa shape index (κ1) is 21.4. The summed E-state index contributed by atoms with van der Waals surface area (Å²) in [6.45, 7) is 3.84. The number of sulfone groups is 1. The summed E-state index contributed by atoms with van der Waals surface area (Å²) in [6, 6.07) is 6.01. The van der Waals surface area contributed by atoms with Crippen LogP contribution in [0.2, 0.25) is 0 Å². The van der Waals surface area contributed by atoms with Crippen LogP contribution in [0.25, 0.3) is 11.4 Å². The Bertz CT molecular complexity index is 1280. The quantitative estimate of drug-likeness (QED) is 0.384. The second-order valence-electron chi connectivity index (χ2n) is 8.57. The second kappa shape index (κ2) is 8.15. The molecule has 3 aromatic rings. The Kier molecular flexibility index (Phi) is 5.45. The van der Waals surface area contributed by atoms with Crippen LogP contribution in [-0.4, -0.2) is 55.8 Å². The van der Waals surface area contributed by atoms with Crippen LogP contribution < -0.4 is 0 Å². The van der Waals surface area contributed by atoms with Crippen LogP contribution in [0.4, 0.5) is 0 Å². The van der Waals surface area contributed by atoms with Gasteiger partial charge in [-0.25, -0.2) is 8.42 Å². The van der Waals surface area contributed by atoms with Crippen LogP contribution in [0, 0.1) is 13.8 Å². The molecule has 2 fully saturated rings. The van der Waals surface area contributed by atoms with Gasteiger partial charge < -0.3 is 4.57 Å². The predicted octanol–water partition coefficient (Wildman–Crippen LogP) is 3.43. The highest BCUT2D eigenvalue weighted by Gasteiger charge is 2.33. The van der Waals surface area contributed by atoms with Gasteiger partial charge in [-0.1, -0.05) is 11.8 Å². The molecule has 0 spiro atoms. The average molecular weight is 472 g/mol. The molecular formula is C22H25N5O3S2. The molecule has 1 saturated carbocycles. The van der Waals surface area contributed by atoms with Gasteiger partial charge in [0.05, 0.1) is 17.3 Å². The Hall–Kier alpha value is -2.46. The normalized spacial score (nSPS) is 20.0. The van der Waals surface area contributed by atoms with E-state index in [0.29, 0.717) is 18.0 Å². The Balaban J connectivity index is 1.35. The lowest BCUT2D eigenvalue weighted by Crippen LogP contribution is -2.14. The van der Waals surface area contributed by atoms with E-state index in [0.717, 1.165) is 40.8 Å². The number of aromatic nitrogens is 5. The van der Waals surface area contributed by atoms with Crippen LogP contribution in [0.15, 0.2) is 35.7 Å². The van der Waals surface area contributed by atoms with Gasteiger partial charge in [0.25, 0.3) is 0 Å². The van der Waals surface area contributed by atoms with Gasteiger partial charge in [0.2, 0.25) is 0 Å². The molecule has 5 rings (SSSR count). The zero-order chi connectivity index (χ0) is 22.5. The van der Waals surface area contributed by atoms with E-state index in [1.165, 1.54) is 11.8 Å². The SMILES string of the molecule is Cc1cc(C(=O)CSc2nnc(-c3cccnc3)n2C2CC2)c(C)n1C1CCS(=O)(=O)C1. The summed E-state index contributed by atoms with van der Waals surface area (Å²) in [4.78, 5) is 17.3. The van der Waals surface area contributed by atoms with E-state index in [2.05, 4.69) is 19.7 Å². The summed E-state index contributed by atoms with van der Waals surface area (Å²) in [7, 11) is -2.99. The van der Waals surface area contributed by atoms with Gasteiger partial charge in [0.15, 0.2) is 26.6 Å². The van der Waals surface area contributed by atoms with Gasteiger partial charge in [-0.2, -0.15) is 0 Å². The van der Waals surface area contributed by atoms with Crippen LogP contribution in [0.3, 0.4) is 0 Å². The molecule has 0 bridgehead atoms. The predicted molar refractivity (Wildman–Crippen MR) is 123 cm³/mol. The number of rotatable bonds is 7. The van der Waals surface area contributed by atoms with Crippen molar-refractivity contribution in [3.8, 4) is 11.4 Å². The van der Waals surface area contributed by atoms with Gasteiger partial charge in [0.1, 0.15) is 0 Å². The molecule has 1 aliphatic carbocycles. The lowest BCUT2D eigenvalue weighted by Gasteiger charge is -2.16. The fourth-order valence-electron chi connectivity index (χ4n) is 4.54. The van der Waals surface area contributed by atoms with Crippen molar-refractivity contribution in [3.05, 3.63) is 47.5 Å². The molecule has 3 aromatic heterocycles. The molecule has 0 N–H and O–H groups in total. The zero-order valence-electron chi connectivity index (χ0n) is 18.1. The maximum Gasteiger partial charge on any atom is 0.192 e.